The van der Waals surface area contributed by atoms with Crippen molar-refractivity contribution in [1.82, 2.24) is 5.32 Å². The lowest BCUT2D eigenvalue weighted by molar-refractivity contribution is -0.119. The van der Waals surface area contributed by atoms with Gasteiger partial charge in [-0.3, -0.25) is 9.59 Å². The predicted molar refractivity (Wildman–Crippen MR) is 65.4 cm³/mol. The van der Waals surface area contributed by atoms with Crippen LogP contribution in [0.2, 0.25) is 5.02 Å². The van der Waals surface area contributed by atoms with Gasteiger partial charge in [0.1, 0.15) is 6.04 Å². The Hall–Kier alpha value is -1.99. The van der Waals surface area contributed by atoms with E-state index >= 15 is 0 Å². The molecular formula is C12H11ClN2O2. The summed E-state index contributed by atoms with van der Waals surface area (Å²) in [7, 11) is 0. The van der Waals surface area contributed by atoms with Gasteiger partial charge >= 0.3 is 0 Å². The van der Waals surface area contributed by atoms with E-state index in [4.69, 9.17) is 23.8 Å². The molecule has 0 heterocycles. The summed E-state index contributed by atoms with van der Waals surface area (Å²) in [4.78, 5) is 22.8. The van der Waals surface area contributed by atoms with Crippen molar-refractivity contribution >= 4 is 23.4 Å². The Labute approximate surface area is 104 Å². The average molecular weight is 251 g/mol. The number of nitrogens with one attached hydrogen (secondary N) is 1. The third-order valence-corrected chi connectivity index (χ3v) is 2.42. The summed E-state index contributed by atoms with van der Waals surface area (Å²) < 4.78 is 0. The van der Waals surface area contributed by atoms with Crippen LogP contribution in [0.5, 0.6) is 0 Å². The molecule has 4 nitrogen and oxygen atoms in total. The normalized spacial score (nSPS) is 11.3. The molecule has 0 aliphatic rings. The Morgan fingerprint density at radius 3 is 2.65 bits per heavy atom. The molecule has 0 saturated heterocycles. The maximum atomic E-state index is 11.8. The zero-order valence-electron chi connectivity index (χ0n) is 8.94. The topological polar surface area (TPSA) is 72.2 Å². The highest BCUT2D eigenvalue weighted by Crippen LogP contribution is 2.14. The Morgan fingerprint density at radius 2 is 2.12 bits per heavy atom. The largest absolute Gasteiger partial charge is 0.368 e. The lowest BCUT2D eigenvalue weighted by Gasteiger charge is -2.13. The lowest BCUT2D eigenvalue weighted by Crippen LogP contribution is -2.44. The van der Waals surface area contributed by atoms with E-state index in [1.165, 1.54) is 0 Å². The van der Waals surface area contributed by atoms with Crippen LogP contribution < -0.4 is 11.1 Å². The Morgan fingerprint density at radius 1 is 1.47 bits per heavy atom. The van der Waals surface area contributed by atoms with E-state index in [-0.39, 0.29) is 12.0 Å². The molecule has 2 amide bonds. The summed E-state index contributed by atoms with van der Waals surface area (Å²) in [6, 6.07) is 5.61. The van der Waals surface area contributed by atoms with Crippen LogP contribution in [0.15, 0.2) is 24.3 Å². The van der Waals surface area contributed by atoms with E-state index in [1.54, 1.807) is 24.3 Å². The van der Waals surface area contributed by atoms with Crippen LogP contribution in [0.25, 0.3) is 0 Å². The average Bonchev–Trinajstić information content (AvgIpc) is 2.28. The summed E-state index contributed by atoms with van der Waals surface area (Å²) in [5.74, 6) is 1.12. The maximum Gasteiger partial charge on any atom is 0.253 e. The number of benzene rings is 1. The zero-order chi connectivity index (χ0) is 12.8. The molecule has 0 aliphatic carbocycles. The number of rotatable bonds is 4. The van der Waals surface area contributed by atoms with Crippen LogP contribution in [-0.2, 0) is 4.79 Å². The van der Waals surface area contributed by atoms with Gasteiger partial charge in [0.2, 0.25) is 5.91 Å². The van der Waals surface area contributed by atoms with Crippen molar-refractivity contribution in [2.45, 2.75) is 12.5 Å². The summed E-state index contributed by atoms with van der Waals surface area (Å²) in [5, 5.41) is 2.73. The fourth-order valence-electron chi connectivity index (χ4n) is 1.22. The van der Waals surface area contributed by atoms with Gasteiger partial charge in [0.05, 0.1) is 10.6 Å². The minimum atomic E-state index is -0.885. The molecule has 88 valence electrons. The number of nitrogens with two attached hydrogens (primary N) is 1. The molecule has 1 aromatic rings. The van der Waals surface area contributed by atoms with Gasteiger partial charge < -0.3 is 11.1 Å². The number of terminal acetylenes is 1. The second-order valence-electron chi connectivity index (χ2n) is 3.32. The first-order valence-electron chi connectivity index (χ1n) is 4.84. The maximum absolute atomic E-state index is 11.8. The van der Waals surface area contributed by atoms with Crippen LogP contribution in [0.4, 0.5) is 0 Å². The molecule has 1 aromatic carbocycles. The number of primary amides is 1. The van der Waals surface area contributed by atoms with Gasteiger partial charge in [-0.2, -0.15) is 0 Å². The van der Waals surface area contributed by atoms with Crippen LogP contribution in [0.3, 0.4) is 0 Å². The van der Waals surface area contributed by atoms with Crippen molar-refractivity contribution in [3.8, 4) is 12.3 Å². The molecule has 17 heavy (non-hydrogen) atoms. The monoisotopic (exact) mass is 250 g/mol. The van der Waals surface area contributed by atoms with Gasteiger partial charge in [0.15, 0.2) is 0 Å². The van der Waals surface area contributed by atoms with Gasteiger partial charge in [-0.15, -0.1) is 12.3 Å². The molecule has 1 rings (SSSR count). The first-order chi connectivity index (χ1) is 8.06. The SMILES string of the molecule is C#CC[C@@H](NC(=O)c1ccccc1Cl)C(N)=O. The predicted octanol–water partition coefficient (Wildman–Crippen LogP) is 0.947. The fraction of sp³-hybridized carbons (Fsp3) is 0.167. The van der Waals surface area contributed by atoms with Crippen LogP contribution in [-0.4, -0.2) is 17.9 Å². The number of amides is 2. The smallest absolute Gasteiger partial charge is 0.253 e. The van der Waals surface area contributed by atoms with E-state index < -0.39 is 17.9 Å². The van der Waals surface area contributed by atoms with E-state index in [9.17, 15) is 9.59 Å². The van der Waals surface area contributed by atoms with Gasteiger partial charge in [-0.1, -0.05) is 23.7 Å². The Bertz CT molecular complexity index is 480. The molecule has 0 aromatic heterocycles. The van der Waals surface area contributed by atoms with Crippen molar-refractivity contribution in [3.05, 3.63) is 34.9 Å². The number of carbonyl (C=O) groups is 2. The molecule has 0 saturated carbocycles. The van der Waals surface area contributed by atoms with E-state index in [0.717, 1.165) is 0 Å². The number of carbonyl (C=O) groups excluding carboxylic acids is 2. The van der Waals surface area contributed by atoms with E-state index in [0.29, 0.717) is 5.02 Å². The molecule has 0 aliphatic heterocycles. The number of halogens is 1. The van der Waals surface area contributed by atoms with Crippen molar-refractivity contribution in [2.75, 3.05) is 0 Å². The molecule has 3 N–H and O–H groups in total. The van der Waals surface area contributed by atoms with E-state index in [2.05, 4.69) is 11.2 Å². The summed E-state index contributed by atoms with van der Waals surface area (Å²) >= 11 is 5.84. The van der Waals surface area contributed by atoms with Crippen molar-refractivity contribution in [2.24, 2.45) is 5.73 Å². The van der Waals surface area contributed by atoms with Crippen molar-refractivity contribution in [1.29, 1.82) is 0 Å². The fourth-order valence-corrected chi connectivity index (χ4v) is 1.44. The van der Waals surface area contributed by atoms with Gasteiger partial charge in [0.25, 0.3) is 5.91 Å². The highest BCUT2D eigenvalue weighted by atomic mass is 35.5. The van der Waals surface area contributed by atoms with Gasteiger partial charge in [-0.05, 0) is 12.1 Å². The lowest BCUT2D eigenvalue weighted by atomic mass is 10.1. The first-order valence-corrected chi connectivity index (χ1v) is 5.22. The summed E-state index contributed by atoms with van der Waals surface area (Å²) in [6.07, 6.45) is 5.12. The molecule has 0 bridgehead atoms. The highest BCUT2D eigenvalue weighted by molar-refractivity contribution is 6.33. The van der Waals surface area contributed by atoms with Crippen molar-refractivity contribution in [3.63, 3.8) is 0 Å². The molecule has 1 atom stereocenters. The quantitative estimate of drug-likeness (QED) is 0.781. The third kappa shape index (κ3) is 3.51. The Kier molecular flexibility index (Phi) is 4.56. The number of hydrogen-bond donors (Lipinski definition) is 2. The van der Waals surface area contributed by atoms with Crippen LogP contribution >= 0.6 is 11.6 Å². The van der Waals surface area contributed by atoms with Gasteiger partial charge in [0, 0.05) is 6.42 Å². The first kappa shape index (κ1) is 13.1. The van der Waals surface area contributed by atoms with Crippen LogP contribution in [0, 0.1) is 12.3 Å². The zero-order valence-corrected chi connectivity index (χ0v) is 9.70. The second-order valence-corrected chi connectivity index (χ2v) is 3.72. The van der Waals surface area contributed by atoms with E-state index in [1.807, 2.05) is 0 Å². The van der Waals surface area contributed by atoms with Gasteiger partial charge in [-0.25, -0.2) is 0 Å². The molecule has 0 spiro atoms. The minimum absolute atomic E-state index is 0.0471. The Balaban J connectivity index is 2.82. The minimum Gasteiger partial charge on any atom is -0.368 e. The molecular weight excluding hydrogens is 240 g/mol. The number of hydrogen-bond acceptors (Lipinski definition) is 2. The molecule has 0 fully saturated rings. The third-order valence-electron chi connectivity index (χ3n) is 2.09. The second kappa shape index (κ2) is 5.92. The molecule has 0 radical (unpaired) electrons. The molecule has 5 heteroatoms. The summed E-state index contributed by atoms with van der Waals surface area (Å²) in [6.45, 7) is 0. The van der Waals surface area contributed by atoms with Crippen molar-refractivity contribution < 1.29 is 9.59 Å². The standard InChI is InChI=1S/C12H11ClN2O2/c1-2-5-10(11(14)16)15-12(17)8-6-3-4-7-9(8)13/h1,3-4,6-7,10H,5H2,(H2,14,16)(H,15,17)/t10-/m1/s1. The highest BCUT2D eigenvalue weighted by Gasteiger charge is 2.18. The molecule has 0 unspecified atom stereocenters. The summed E-state index contributed by atoms with van der Waals surface area (Å²) in [5.41, 5.74) is 5.38. The van der Waals surface area contributed by atoms with Crippen LogP contribution in [0.1, 0.15) is 16.8 Å².